The third-order valence-corrected chi connectivity index (χ3v) is 5.20. The van der Waals surface area contributed by atoms with Gasteiger partial charge in [0.15, 0.2) is 5.69 Å². The van der Waals surface area contributed by atoms with Crippen molar-refractivity contribution in [2.45, 2.75) is 39.3 Å². The summed E-state index contributed by atoms with van der Waals surface area (Å²) in [6, 6.07) is 4.66. The van der Waals surface area contributed by atoms with Crippen molar-refractivity contribution < 1.29 is 13.6 Å². The van der Waals surface area contributed by atoms with Crippen LogP contribution in [0.4, 0.5) is 4.39 Å². The summed E-state index contributed by atoms with van der Waals surface area (Å²) in [5, 5.41) is 15.1. The fourth-order valence-electron chi connectivity index (χ4n) is 3.61. The SMILES string of the molecule is Cc1c(CNC(=O)c2nnn(C3CCNCC3)c2C)oc2ccc(F)cc12. The Morgan fingerprint density at radius 2 is 2.15 bits per heavy atom. The van der Waals surface area contributed by atoms with E-state index in [1.807, 2.05) is 18.5 Å². The van der Waals surface area contributed by atoms with Crippen molar-refractivity contribution in [3.63, 3.8) is 0 Å². The number of hydrogen-bond acceptors (Lipinski definition) is 5. The summed E-state index contributed by atoms with van der Waals surface area (Å²) in [7, 11) is 0. The maximum Gasteiger partial charge on any atom is 0.274 e. The quantitative estimate of drug-likeness (QED) is 0.736. The van der Waals surface area contributed by atoms with Gasteiger partial charge in [0.2, 0.25) is 0 Å². The minimum absolute atomic E-state index is 0.209. The Labute approximate surface area is 155 Å². The topological polar surface area (TPSA) is 85.0 Å². The summed E-state index contributed by atoms with van der Waals surface area (Å²) in [5.74, 6) is -0.00166. The summed E-state index contributed by atoms with van der Waals surface area (Å²) in [6.45, 7) is 5.81. The highest BCUT2D eigenvalue weighted by atomic mass is 19.1. The highest BCUT2D eigenvalue weighted by Crippen LogP contribution is 2.26. The van der Waals surface area contributed by atoms with Gasteiger partial charge in [-0.15, -0.1) is 5.10 Å². The van der Waals surface area contributed by atoms with Gasteiger partial charge in [0, 0.05) is 10.9 Å². The summed E-state index contributed by atoms with van der Waals surface area (Å²) >= 11 is 0. The molecule has 4 rings (SSSR count). The Kier molecular flexibility index (Phi) is 4.65. The molecule has 27 heavy (non-hydrogen) atoms. The van der Waals surface area contributed by atoms with Crippen LogP contribution in [0.25, 0.3) is 11.0 Å². The first-order chi connectivity index (χ1) is 13.0. The summed E-state index contributed by atoms with van der Waals surface area (Å²) in [4.78, 5) is 12.6. The van der Waals surface area contributed by atoms with Crippen LogP contribution in [0.3, 0.4) is 0 Å². The molecule has 1 aliphatic heterocycles. The molecular formula is C19H22FN5O2. The molecule has 142 valence electrons. The third kappa shape index (κ3) is 3.32. The Bertz CT molecular complexity index is 988. The first-order valence-electron chi connectivity index (χ1n) is 9.13. The van der Waals surface area contributed by atoms with Gasteiger partial charge < -0.3 is 15.1 Å². The van der Waals surface area contributed by atoms with E-state index >= 15 is 0 Å². The minimum Gasteiger partial charge on any atom is -0.459 e. The second-order valence-corrected chi connectivity index (χ2v) is 6.92. The monoisotopic (exact) mass is 371 g/mol. The standard InChI is InChI=1S/C19H22FN5O2/c1-11-15-9-13(20)3-4-16(15)27-17(11)10-22-19(26)18-12(2)25(24-23-18)14-5-7-21-8-6-14/h3-4,9,14,21H,5-8,10H2,1-2H3,(H,22,26). The van der Waals surface area contributed by atoms with Crippen molar-refractivity contribution in [1.82, 2.24) is 25.6 Å². The first-order valence-corrected chi connectivity index (χ1v) is 9.13. The average Bonchev–Trinajstić information content (AvgIpc) is 3.21. The van der Waals surface area contributed by atoms with Crippen molar-refractivity contribution >= 4 is 16.9 Å². The molecule has 0 aliphatic carbocycles. The Balaban J connectivity index is 1.48. The van der Waals surface area contributed by atoms with Crippen LogP contribution in [-0.4, -0.2) is 34.0 Å². The molecule has 1 amide bonds. The number of aryl methyl sites for hydroxylation is 1. The van der Waals surface area contributed by atoms with Gasteiger partial charge in [-0.05, 0) is 58.0 Å². The van der Waals surface area contributed by atoms with E-state index < -0.39 is 0 Å². The number of nitrogens with one attached hydrogen (secondary N) is 2. The van der Waals surface area contributed by atoms with Crippen molar-refractivity contribution in [3.05, 3.63) is 46.7 Å². The van der Waals surface area contributed by atoms with Gasteiger partial charge in [0.25, 0.3) is 5.91 Å². The van der Waals surface area contributed by atoms with Gasteiger partial charge in [-0.25, -0.2) is 9.07 Å². The zero-order valence-corrected chi connectivity index (χ0v) is 15.4. The van der Waals surface area contributed by atoms with Gasteiger partial charge in [-0.1, -0.05) is 5.21 Å². The molecule has 7 nitrogen and oxygen atoms in total. The number of rotatable bonds is 4. The molecule has 2 N–H and O–H groups in total. The van der Waals surface area contributed by atoms with Crippen LogP contribution < -0.4 is 10.6 Å². The molecule has 1 aliphatic rings. The fraction of sp³-hybridized carbons (Fsp3) is 0.421. The molecule has 1 aromatic carbocycles. The number of nitrogens with zero attached hydrogens (tertiary/aromatic N) is 3. The van der Waals surface area contributed by atoms with Crippen LogP contribution in [-0.2, 0) is 6.54 Å². The van der Waals surface area contributed by atoms with Gasteiger partial charge in [0.1, 0.15) is 17.2 Å². The molecule has 8 heteroatoms. The number of piperidine rings is 1. The highest BCUT2D eigenvalue weighted by Gasteiger charge is 2.23. The van der Waals surface area contributed by atoms with E-state index in [1.54, 1.807) is 6.07 Å². The van der Waals surface area contributed by atoms with Crippen molar-refractivity contribution in [2.75, 3.05) is 13.1 Å². The molecule has 0 atom stereocenters. The second kappa shape index (κ2) is 7.11. The van der Waals surface area contributed by atoms with Crippen LogP contribution in [0.2, 0.25) is 0 Å². The van der Waals surface area contributed by atoms with E-state index in [2.05, 4.69) is 20.9 Å². The molecule has 0 bridgehead atoms. The van der Waals surface area contributed by atoms with E-state index in [-0.39, 0.29) is 24.3 Å². The molecule has 0 saturated carbocycles. The summed E-state index contributed by atoms with van der Waals surface area (Å²) in [5.41, 5.74) is 2.52. The maximum absolute atomic E-state index is 13.4. The van der Waals surface area contributed by atoms with E-state index in [4.69, 9.17) is 4.42 Å². The van der Waals surface area contributed by atoms with E-state index in [0.717, 1.165) is 37.2 Å². The maximum atomic E-state index is 13.4. The number of benzene rings is 1. The molecule has 1 fully saturated rings. The highest BCUT2D eigenvalue weighted by molar-refractivity contribution is 5.93. The lowest BCUT2D eigenvalue weighted by atomic mass is 10.1. The molecule has 0 radical (unpaired) electrons. The van der Waals surface area contributed by atoms with Crippen molar-refractivity contribution in [1.29, 1.82) is 0 Å². The number of amides is 1. The smallest absolute Gasteiger partial charge is 0.274 e. The molecule has 2 aromatic heterocycles. The Morgan fingerprint density at radius 1 is 1.37 bits per heavy atom. The summed E-state index contributed by atoms with van der Waals surface area (Å²) < 4.78 is 21.0. The van der Waals surface area contributed by atoms with Gasteiger partial charge in [-0.3, -0.25) is 4.79 Å². The Hall–Kier alpha value is -2.74. The third-order valence-electron chi connectivity index (χ3n) is 5.20. The van der Waals surface area contributed by atoms with Crippen molar-refractivity contribution in [2.24, 2.45) is 0 Å². The van der Waals surface area contributed by atoms with Crippen LogP contribution >= 0.6 is 0 Å². The molecule has 3 heterocycles. The number of aromatic nitrogens is 3. The zero-order valence-electron chi connectivity index (χ0n) is 15.4. The van der Waals surface area contributed by atoms with Crippen molar-refractivity contribution in [3.8, 4) is 0 Å². The van der Waals surface area contributed by atoms with Crippen LogP contribution in [0, 0.1) is 19.7 Å². The number of fused-ring (bicyclic) bond motifs is 1. The number of hydrogen-bond donors (Lipinski definition) is 2. The average molecular weight is 371 g/mol. The number of carbonyl (C=O) groups excluding carboxylic acids is 1. The molecule has 1 saturated heterocycles. The lowest BCUT2D eigenvalue weighted by molar-refractivity contribution is 0.0942. The molecular weight excluding hydrogens is 349 g/mol. The van der Waals surface area contributed by atoms with E-state index in [0.29, 0.717) is 22.4 Å². The normalized spacial score (nSPS) is 15.4. The van der Waals surface area contributed by atoms with Crippen LogP contribution in [0.15, 0.2) is 22.6 Å². The fourth-order valence-corrected chi connectivity index (χ4v) is 3.61. The van der Waals surface area contributed by atoms with Gasteiger partial charge >= 0.3 is 0 Å². The van der Waals surface area contributed by atoms with E-state index in [9.17, 15) is 9.18 Å². The lowest BCUT2D eigenvalue weighted by Gasteiger charge is -2.23. The van der Waals surface area contributed by atoms with Gasteiger partial charge in [-0.2, -0.15) is 0 Å². The minimum atomic E-state index is -0.313. The number of carbonyl (C=O) groups is 1. The van der Waals surface area contributed by atoms with Gasteiger partial charge in [0.05, 0.1) is 18.3 Å². The number of halogens is 1. The van der Waals surface area contributed by atoms with Crippen LogP contribution in [0.1, 0.15) is 46.4 Å². The molecule has 3 aromatic rings. The van der Waals surface area contributed by atoms with Crippen LogP contribution in [0.5, 0.6) is 0 Å². The first kappa shape index (κ1) is 17.7. The molecule has 0 unspecified atom stereocenters. The zero-order chi connectivity index (χ0) is 19.0. The Morgan fingerprint density at radius 3 is 2.93 bits per heavy atom. The predicted molar refractivity (Wildman–Crippen MR) is 98.0 cm³/mol. The van der Waals surface area contributed by atoms with E-state index in [1.165, 1.54) is 12.1 Å². The second-order valence-electron chi connectivity index (χ2n) is 6.92. The number of furan rings is 1. The lowest BCUT2D eigenvalue weighted by Crippen LogP contribution is -2.30. The largest absolute Gasteiger partial charge is 0.459 e. The predicted octanol–water partition coefficient (Wildman–Crippen LogP) is 2.63. The summed E-state index contributed by atoms with van der Waals surface area (Å²) in [6.07, 6.45) is 1.94. The molecule has 0 spiro atoms.